The van der Waals surface area contributed by atoms with Crippen LogP contribution in [-0.4, -0.2) is 61.5 Å². The molecule has 1 atom stereocenters. The summed E-state index contributed by atoms with van der Waals surface area (Å²) in [6, 6.07) is 8.44. The number of allylic oxidation sites excluding steroid dienone is 1. The molecule has 1 aromatic carbocycles. The number of rotatable bonds is 11. The molecule has 1 N–H and O–H groups in total. The molecule has 0 saturated carbocycles. The van der Waals surface area contributed by atoms with E-state index in [4.69, 9.17) is 23.9 Å². The number of carbonyl (C=O) groups is 2. The summed E-state index contributed by atoms with van der Waals surface area (Å²) in [6.07, 6.45) is 3.45. The van der Waals surface area contributed by atoms with E-state index in [-0.39, 0.29) is 25.5 Å². The molecule has 4 rings (SSSR count). The number of pyridine rings is 1. The zero-order valence-corrected chi connectivity index (χ0v) is 22.5. The predicted molar refractivity (Wildman–Crippen MR) is 143 cm³/mol. The molecule has 0 radical (unpaired) electrons. The highest BCUT2D eigenvalue weighted by Crippen LogP contribution is 2.47. The second-order valence-corrected chi connectivity index (χ2v) is 9.28. The predicted octanol–water partition coefficient (Wildman–Crippen LogP) is 3.57. The highest BCUT2D eigenvalue weighted by molar-refractivity contribution is 8.16. The number of aromatic nitrogens is 1. The van der Waals surface area contributed by atoms with Crippen LogP contribution in [-0.2, 0) is 25.6 Å². The second kappa shape index (κ2) is 12.6. The summed E-state index contributed by atoms with van der Waals surface area (Å²) in [5.41, 5.74) is 3.20. The molecule has 0 spiro atoms. The van der Waals surface area contributed by atoms with Gasteiger partial charge in [0.2, 0.25) is 5.91 Å². The Labute approximate surface area is 225 Å². The number of methoxy groups -OCH3 is 3. The Bertz CT molecular complexity index is 1280. The van der Waals surface area contributed by atoms with Crippen LogP contribution in [0.2, 0.25) is 0 Å². The van der Waals surface area contributed by atoms with Crippen molar-refractivity contribution in [2.45, 2.75) is 25.9 Å². The summed E-state index contributed by atoms with van der Waals surface area (Å²) >= 11 is 1.40. The van der Waals surface area contributed by atoms with Gasteiger partial charge in [0.25, 0.3) is 0 Å². The molecule has 11 heteroatoms. The molecule has 0 aliphatic carbocycles. The Morgan fingerprint density at radius 3 is 2.58 bits per heavy atom. The molecule has 3 heterocycles. The van der Waals surface area contributed by atoms with Crippen molar-refractivity contribution in [3.05, 3.63) is 76.2 Å². The zero-order chi connectivity index (χ0) is 27.1. The van der Waals surface area contributed by atoms with Crippen LogP contribution in [0.25, 0.3) is 0 Å². The molecule has 2 aliphatic heterocycles. The Morgan fingerprint density at radius 1 is 1.08 bits per heavy atom. The van der Waals surface area contributed by atoms with E-state index >= 15 is 0 Å². The van der Waals surface area contributed by atoms with E-state index in [1.807, 2.05) is 28.5 Å². The zero-order valence-electron chi connectivity index (χ0n) is 21.7. The first-order chi connectivity index (χ1) is 18.5. The summed E-state index contributed by atoms with van der Waals surface area (Å²) in [4.78, 5) is 36.9. The van der Waals surface area contributed by atoms with Crippen LogP contribution in [0.15, 0.2) is 70.1 Å². The van der Waals surface area contributed by atoms with Gasteiger partial charge in [0.1, 0.15) is 18.1 Å². The van der Waals surface area contributed by atoms with Gasteiger partial charge in [-0.3, -0.25) is 9.78 Å². The number of benzene rings is 1. The summed E-state index contributed by atoms with van der Waals surface area (Å²) < 4.78 is 21.7. The molecule has 0 saturated heterocycles. The van der Waals surface area contributed by atoms with Gasteiger partial charge in [-0.2, -0.15) is 0 Å². The van der Waals surface area contributed by atoms with Crippen molar-refractivity contribution >= 4 is 28.8 Å². The van der Waals surface area contributed by atoms with E-state index in [0.717, 1.165) is 5.56 Å². The van der Waals surface area contributed by atoms with Crippen molar-refractivity contribution in [3.8, 4) is 11.5 Å². The number of esters is 1. The lowest BCUT2D eigenvalue weighted by molar-refractivity contribution is -0.141. The fourth-order valence-corrected chi connectivity index (χ4v) is 5.17. The van der Waals surface area contributed by atoms with Gasteiger partial charge in [0, 0.05) is 37.3 Å². The Kier molecular flexibility index (Phi) is 9.03. The van der Waals surface area contributed by atoms with Crippen molar-refractivity contribution in [2.24, 2.45) is 4.99 Å². The number of fused-ring (bicyclic) bond motifs is 1. The number of aliphatic imine (C=N–C) groups is 1. The molecule has 0 fully saturated rings. The smallest absolute Gasteiger partial charge is 0.338 e. The van der Waals surface area contributed by atoms with Crippen LogP contribution in [0.5, 0.6) is 11.5 Å². The first-order valence-corrected chi connectivity index (χ1v) is 12.8. The maximum Gasteiger partial charge on any atom is 0.338 e. The topological polar surface area (TPSA) is 112 Å². The number of carbonyl (C=O) groups excluding carboxylic acids is 2. The summed E-state index contributed by atoms with van der Waals surface area (Å²) in [5, 5.41) is 5.49. The fraction of sp³-hybridized carbons (Fsp3) is 0.333. The van der Waals surface area contributed by atoms with Crippen molar-refractivity contribution < 1.29 is 28.5 Å². The average Bonchev–Trinajstić information content (AvgIpc) is 3.32. The molecule has 38 heavy (non-hydrogen) atoms. The van der Waals surface area contributed by atoms with Gasteiger partial charge >= 0.3 is 5.97 Å². The second-order valence-electron chi connectivity index (χ2n) is 8.44. The van der Waals surface area contributed by atoms with Crippen LogP contribution in [0.3, 0.4) is 0 Å². The standard InChI is InChI=1S/C27H30N4O6S/c1-17-24(26(33)37-12-11-34-2)25(21-14-20(35-3)5-6-22(21)36-4)31-19(16-38-27(31)30-17)13-23(32)29-15-18-7-9-28-10-8-18/h5-10,14,16,25H,11-13,15H2,1-4H3,(H,29,32). The van der Waals surface area contributed by atoms with Crippen molar-refractivity contribution in [3.63, 3.8) is 0 Å². The van der Waals surface area contributed by atoms with Crippen LogP contribution < -0.4 is 14.8 Å². The maximum atomic E-state index is 13.4. The fourth-order valence-electron chi connectivity index (χ4n) is 4.20. The Morgan fingerprint density at radius 2 is 1.87 bits per heavy atom. The number of nitrogens with one attached hydrogen (secondary N) is 1. The quantitative estimate of drug-likeness (QED) is 0.339. The van der Waals surface area contributed by atoms with Crippen molar-refractivity contribution in [1.82, 2.24) is 15.2 Å². The van der Waals surface area contributed by atoms with Gasteiger partial charge in [0.05, 0.1) is 44.6 Å². The van der Waals surface area contributed by atoms with E-state index in [1.165, 1.54) is 18.9 Å². The molecule has 1 unspecified atom stereocenters. The summed E-state index contributed by atoms with van der Waals surface area (Å²) in [6.45, 7) is 2.52. The molecular formula is C27H30N4O6S. The van der Waals surface area contributed by atoms with Crippen molar-refractivity contribution in [2.75, 3.05) is 34.5 Å². The van der Waals surface area contributed by atoms with Crippen LogP contribution in [0, 0.1) is 0 Å². The van der Waals surface area contributed by atoms with Gasteiger partial charge in [-0.15, -0.1) is 0 Å². The number of amides is 1. The van der Waals surface area contributed by atoms with E-state index in [9.17, 15) is 9.59 Å². The number of amidine groups is 1. The van der Waals surface area contributed by atoms with Gasteiger partial charge in [-0.05, 0) is 48.2 Å². The lowest BCUT2D eigenvalue weighted by Gasteiger charge is -2.36. The van der Waals surface area contributed by atoms with Gasteiger partial charge in [-0.1, -0.05) is 11.8 Å². The molecule has 0 bridgehead atoms. The maximum absolute atomic E-state index is 13.4. The van der Waals surface area contributed by atoms with Crippen molar-refractivity contribution in [1.29, 1.82) is 0 Å². The first-order valence-electron chi connectivity index (χ1n) is 11.9. The number of hydrogen-bond acceptors (Lipinski definition) is 10. The third-order valence-corrected chi connectivity index (χ3v) is 6.94. The molecule has 2 aliphatic rings. The van der Waals surface area contributed by atoms with Crippen LogP contribution in [0.1, 0.15) is 30.5 Å². The lowest BCUT2D eigenvalue weighted by Crippen LogP contribution is -2.38. The summed E-state index contributed by atoms with van der Waals surface area (Å²) in [5.74, 6) is 0.477. The highest BCUT2D eigenvalue weighted by atomic mass is 32.2. The molecule has 200 valence electrons. The molecule has 10 nitrogen and oxygen atoms in total. The highest BCUT2D eigenvalue weighted by Gasteiger charge is 2.42. The molecule has 1 aromatic heterocycles. The molecule has 1 amide bonds. The van der Waals surface area contributed by atoms with Crippen LogP contribution in [0.4, 0.5) is 0 Å². The van der Waals surface area contributed by atoms with E-state index < -0.39 is 12.0 Å². The van der Waals surface area contributed by atoms with Gasteiger partial charge in [0.15, 0.2) is 5.17 Å². The Balaban J connectivity index is 1.68. The van der Waals surface area contributed by atoms with Crippen LogP contribution >= 0.6 is 11.8 Å². The lowest BCUT2D eigenvalue weighted by atomic mass is 9.92. The SMILES string of the molecule is COCCOC(=O)C1=C(C)N=C2SC=C(CC(=O)NCc3ccncc3)N2C1c1cc(OC)ccc1OC. The largest absolute Gasteiger partial charge is 0.497 e. The monoisotopic (exact) mass is 538 g/mol. The van der Waals surface area contributed by atoms with E-state index in [2.05, 4.69) is 10.3 Å². The van der Waals surface area contributed by atoms with E-state index in [0.29, 0.717) is 45.7 Å². The number of ether oxygens (including phenoxy) is 4. The number of hydrogen-bond donors (Lipinski definition) is 1. The number of thioether (sulfide) groups is 1. The normalized spacial score (nSPS) is 16.4. The minimum Gasteiger partial charge on any atom is -0.497 e. The first kappa shape index (κ1) is 27.2. The third-order valence-electron chi connectivity index (χ3n) is 6.05. The molecular weight excluding hydrogens is 508 g/mol. The van der Waals surface area contributed by atoms with E-state index in [1.54, 1.807) is 45.7 Å². The summed E-state index contributed by atoms with van der Waals surface area (Å²) in [7, 11) is 4.68. The van der Waals surface area contributed by atoms with Gasteiger partial charge in [-0.25, -0.2) is 9.79 Å². The Hall–Kier alpha value is -3.83. The minimum absolute atomic E-state index is 0.0882. The van der Waals surface area contributed by atoms with Gasteiger partial charge < -0.3 is 29.2 Å². The molecule has 2 aromatic rings. The minimum atomic E-state index is -0.656. The number of nitrogens with zero attached hydrogens (tertiary/aromatic N) is 3. The average molecular weight is 539 g/mol. The third kappa shape index (κ3) is 6.00.